The average Bonchev–Trinajstić information content (AvgIpc) is 2.54. The molecule has 1 aromatic carbocycles. The molecule has 1 fully saturated rings. The second-order valence-electron chi connectivity index (χ2n) is 5.62. The van der Waals surface area contributed by atoms with Crippen LogP contribution in [-0.2, 0) is 4.74 Å². The molecule has 110 valence electrons. The lowest BCUT2D eigenvalue weighted by atomic mass is 9.98. The standard InChI is InChI=1S/C17H20N2O2/c1-21-12-13-5-4-8-19(10-13)17-15(11-20)9-14-6-2-3-7-16(14)18-17/h2-3,6-7,9,11,13H,4-5,8,10,12H2,1H3. The summed E-state index contributed by atoms with van der Waals surface area (Å²) in [7, 11) is 1.74. The Hall–Kier alpha value is -1.94. The number of pyridine rings is 1. The van der Waals surface area contributed by atoms with E-state index in [0.717, 1.165) is 49.1 Å². The summed E-state index contributed by atoms with van der Waals surface area (Å²) < 4.78 is 5.28. The second-order valence-corrected chi connectivity index (χ2v) is 5.62. The summed E-state index contributed by atoms with van der Waals surface area (Å²) in [6.07, 6.45) is 3.20. The fraction of sp³-hybridized carbons (Fsp3) is 0.412. The van der Waals surface area contributed by atoms with Gasteiger partial charge in [0.1, 0.15) is 5.82 Å². The van der Waals surface area contributed by atoms with E-state index in [2.05, 4.69) is 4.90 Å². The summed E-state index contributed by atoms with van der Waals surface area (Å²) in [4.78, 5) is 18.4. The van der Waals surface area contributed by atoms with Crippen molar-refractivity contribution in [1.82, 2.24) is 4.98 Å². The molecule has 4 heteroatoms. The van der Waals surface area contributed by atoms with Crippen molar-refractivity contribution in [3.8, 4) is 0 Å². The van der Waals surface area contributed by atoms with Gasteiger partial charge in [0, 0.05) is 25.6 Å². The maximum atomic E-state index is 11.4. The van der Waals surface area contributed by atoms with Gasteiger partial charge in [0.15, 0.2) is 6.29 Å². The number of aromatic nitrogens is 1. The van der Waals surface area contributed by atoms with Crippen LogP contribution in [0.5, 0.6) is 0 Å². The molecule has 1 atom stereocenters. The zero-order valence-corrected chi connectivity index (χ0v) is 12.3. The molecule has 2 heterocycles. The van der Waals surface area contributed by atoms with Crippen molar-refractivity contribution in [2.45, 2.75) is 12.8 Å². The van der Waals surface area contributed by atoms with E-state index in [1.807, 2.05) is 30.3 Å². The zero-order valence-electron chi connectivity index (χ0n) is 12.3. The summed E-state index contributed by atoms with van der Waals surface area (Å²) in [6.45, 7) is 2.62. The van der Waals surface area contributed by atoms with Crippen LogP contribution >= 0.6 is 0 Å². The molecule has 1 aliphatic heterocycles. The molecule has 0 N–H and O–H groups in total. The first-order valence-electron chi connectivity index (χ1n) is 7.40. The van der Waals surface area contributed by atoms with Crippen molar-refractivity contribution in [1.29, 1.82) is 0 Å². The Morgan fingerprint density at radius 1 is 1.43 bits per heavy atom. The summed E-state index contributed by atoms with van der Waals surface area (Å²) in [6, 6.07) is 9.86. The van der Waals surface area contributed by atoms with Crippen LogP contribution in [0.1, 0.15) is 23.2 Å². The van der Waals surface area contributed by atoms with Crippen LogP contribution in [0.15, 0.2) is 30.3 Å². The minimum atomic E-state index is 0.511. The first-order valence-corrected chi connectivity index (χ1v) is 7.40. The predicted octanol–water partition coefficient (Wildman–Crippen LogP) is 2.91. The van der Waals surface area contributed by atoms with E-state index in [0.29, 0.717) is 11.5 Å². The van der Waals surface area contributed by atoms with Gasteiger partial charge in [0.2, 0.25) is 0 Å². The van der Waals surface area contributed by atoms with E-state index in [1.54, 1.807) is 7.11 Å². The number of ether oxygens (including phenoxy) is 1. The number of hydrogen-bond acceptors (Lipinski definition) is 4. The van der Waals surface area contributed by atoms with Gasteiger partial charge in [-0.1, -0.05) is 18.2 Å². The third kappa shape index (κ3) is 2.90. The van der Waals surface area contributed by atoms with Crippen molar-refractivity contribution in [3.05, 3.63) is 35.9 Å². The number of anilines is 1. The molecule has 0 saturated carbocycles. The summed E-state index contributed by atoms with van der Waals surface area (Å²) >= 11 is 0. The van der Waals surface area contributed by atoms with Gasteiger partial charge in [-0.3, -0.25) is 4.79 Å². The van der Waals surface area contributed by atoms with Crippen LogP contribution in [0, 0.1) is 5.92 Å². The van der Waals surface area contributed by atoms with Crippen LogP contribution in [-0.4, -0.2) is 38.1 Å². The third-order valence-electron chi connectivity index (χ3n) is 4.08. The minimum absolute atomic E-state index is 0.511. The number of rotatable bonds is 4. The van der Waals surface area contributed by atoms with Crippen LogP contribution in [0.2, 0.25) is 0 Å². The van der Waals surface area contributed by atoms with E-state index in [-0.39, 0.29) is 0 Å². The molecule has 2 aromatic rings. The molecular formula is C17H20N2O2. The maximum absolute atomic E-state index is 11.4. The second kappa shape index (κ2) is 6.22. The van der Waals surface area contributed by atoms with E-state index in [1.165, 1.54) is 6.42 Å². The first-order chi connectivity index (χ1) is 10.3. The van der Waals surface area contributed by atoms with Gasteiger partial charge in [-0.2, -0.15) is 0 Å². The van der Waals surface area contributed by atoms with Crippen LogP contribution in [0.4, 0.5) is 5.82 Å². The van der Waals surface area contributed by atoms with E-state index in [9.17, 15) is 4.79 Å². The first kappa shape index (κ1) is 14.0. The van der Waals surface area contributed by atoms with Gasteiger partial charge in [0.25, 0.3) is 0 Å². The number of methoxy groups -OCH3 is 1. The van der Waals surface area contributed by atoms with Gasteiger partial charge in [-0.15, -0.1) is 0 Å². The van der Waals surface area contributed by atoms with Gasteiger partial charge in [0.05, 0.1) is 17.7 Å². The molecule has 1 unspecified atom stereocenters. The fourth-order valence-corrected chi connectivity index (χ4v) is 3.09. The Morgan fingerprint density at radius 2 is 2.29 bits per heavy atom. The van der Waals surface area contributed by atoms with Gasteiger partial charge in [-0.25, -0.2) is 4.98 Å². The molecule has 21 heavy (non-hydrogen) atoms. The Labute approximate surface area is 124 Å². The Balaban J connectivity index is 1.96. The lowest BCUT2D eigenvalue weighted by Gasteiger charge is -2.34. The molecule has 0 spiro atoms. The molecule has 4 nitrogen and oxygen atoms in total. The zero-order chi connectivity index (χ0) is 14.7. The summed E-state index contributed by atoms with van der Waals surface area (Å²) in [5, 5.41) is 1.01. The SMILES string of the molecule is COCC1CCCN(c2nc3ccccc3cc2C=O)C1. The maximum Gasteiger partial charge on any atom is 0.153 e. The number of hydrogen-bond donors (Lipinski definition) is 0. The molecule has 0 amide bonds. The van der Waals surface area contributed by atoms with E-state index >= 15 is 0 Å². The molecule has 0 bridgehead atoms. The van der Waals surface area contributed by atoms with Gasteiger partial charge < -0.3 is 9.64 Å². The van der Waals surface area contributed by atoms with Gasteiger partial charge >= 0.3 is 0 Å². The molecule has 3 rings (SSSR count). The highest BCUT2D eigenvalue weighted by molar-refractivity contribution is 5.91. The molecule has 1 aliphatic rings. The number of benzene rings is 1. The van der Waals surface area contributed by atoms with E-state index < -0.39 is 0 Å². The molecule has 0 aliphatic carbocycles. The number of fused-ring (bicyclic) bond motifs is 1. The van der Waals surface area contributed by atoms with Gasteiger partial charge in [-0.05, 0) is 30.9 Å². The van der Waals surface area contributed by atoms with Crippen molar-refractivity contribution in [2.24, 2.45) is 5.92 Å². The topological polar surface area (TPSA) is 42.4 Å². The number of nitrogens with zero attached hydrogens (tertiary/aromatic N) is 2. The molecule has 1 saturated heterocycles. The highest BCUT2D eigenvalue weighted by Crippen LogP contribution is 2.27. The summed E-state index contributed by atoms with van der Waals surface area (Å²) in [5.41, 5.74) is 1.61. The lowest BCUT2D eigenvalue weighted by molar-refractivity contribution is 0.112. The largest absolute Gasteiger partial charge is 0.384 e. The highest BCUT2D eigenvalue weighted by atomic mass is 16.5. The van der Waals surface area contributed by atoms with Crippen molar-refractivity contribution in [2.75, 3.05) is 31.7 Å². The quantitative estimate of drug-likeness (QED) is 0.810. The smallest absolute Gasteiger partial charge is 0.153 e. The number of para-hydroxylation sites is 1. The monoisotopic (exact) mass is 284 g/mol. The van der Waals surface area contributed by atoms with Crippen LogP contribution < -0.4 is 4.90 Å². The number of piperidine rings is 1. The van der Waals surface area contributed by atoms with E-state index in [4.69, 9.17) is 9.72 Å². The third-order valence-corrected chi connectivity index (χ3v) is 4.08. The lowest BCUT2D eigenvalue weighted by Crippen LogP contribution is -2.38. The van der Waals surface area contributed by atoms with Crippen molar-refractivity contribution in [3.63, 3.8) is 0 Å². The number of carbonyl (C=O) groups excluding carboxylic acids is 1. The predicted molar refractivity (Wildman–Crippen MR) is 83.9 cm³/mol. The Morgan fingerprint density at radius 3 is 3.10 bits per heavy atom. The minimum Gasteiger partial charge on any atom is -0.384 e. The Kier molecular flexibility index (Phi) is 4.15. The fourth-order valence-electron chi connectivity index (χ4n) is 3.09. The highest BCUT2D eigenvalue weighted by Gasteiger charge is 2.23. The van der Waals surface area contributed by atoms with Crippen LogP contribution in [0.3, 0.4) is 0 Å². The van der Waals surface area contributed by atoms with Crippen molar-refractivity contribution >= 4 is 23.0 Å². The number of carbonyl (C=O) groups is 1. The average molecular weight is 284 g/mol. The number of aldehydes is 1. The van der Waals surface area contributed by atoms with Crippen LogP contribution in [0.25, 0.3) is 10.9 Å². The Bertz CT molecular complexity index is 640. The summed E-state index contributed by atoms with van der Waals surface area (Å²) in [5.74, 6) is 1.32. The van der Waals surface area contributed by atoms with Crippen molar-refractivity contribution < 1.29 is 9.53 Å². The normalized spacial score (nSPS) is 18.9. The molecular weight excluding hydrogens is 264 g/mol. The molecule has 1 aromatic heterocycles. The molecule has 0 radical (unpaired) electrons.